The second-order valence-electron chi connectivity index (χ2n) is 3.77. The average Bonchev–Trinajstić information content (AvgIpc) is 2.23. The van der Waals surface area contributed by atoms with Crippen molar-refractivity contribution in [3.63, 3.8) is 0 Å². The zero-order chi connectivity index (χ0) is 12.1. The highest BCUT2D eigenvalue weighted by Gasteiger charge is 2.10. The number of hydrogen-bond acceptors (Lipinski definition) is 3. The highest BCUT2D eigenvalue weighted by molar-refractivity contribution is 6.32. The first-order chi connectivity index (χ1) is 7.52. The molecule has 1 amide bonds. The largest absolute Gasteiger partial charge is 0.327 e. The number of nitrogens with zero attached hydrogens (tertiary/aromatic N) is 1. The molecule has 1 aromatic rings. The van der Waals surface area contributed by atoms with Gasteiger partial charge in [0.25, 0.3) is 0 Å². The third kappa shape index (κ3) is 3.79. The van der Waals surface area contributed by atoms with Crippen LogP contribution >= 0.6 is 11.6 Å². The topological polar surface area (TPSA) is 68.0 Å². The van der Waals surface area contributed by atoms with Crippen LogP contribution < -0.4 is 11.1 Å². The Morgan fingerprint density at radius 1 is 1.69 bits per heavy atom. The summed E-state index contributed by atoms with van der Waals surface area (Å²) >= 11 is 5.85. The van der Waals surface area contributed by atoms with Gasteiger partial charge in [-0.05, 0) is 25.0 Å². The number of aromatic nitrogens is 1. The number of rotatable bonds is 4. The minimum atomic E-state index is -0.136. The van der Waals surface area contributed by atoms with E-state index in [4.69, 9.17) is 17.3 Å². The van der Waals surface area contributed by atoms with Crippen LogP contribution in [0.1, 0.15) is 25.3 Å². The lowest BCUT2D eigenvalue weighted by Gasteiger charge is -2.10. The van der Waals surface area contributed by atoms with E-state index in [1.807, 2.05) is 13.8 Å². The average molecular weight is 242 g/mol. The fourth-order valence-corrected chi connectivity index (χ4v) is 1.37. The second-order valence-corrected chi connectivity index (χ2v) is 4.13. The standard InChI is InChI=1S/C11H16ClN3O/c1-3-8(13)5-10(16)15-9-4-7(2)6-14-11(9)12/h4,6,8H,3,5,13H2,1-2H3,(H,15,16). The van der Waals surface area contributed by atoms with Crippen LogP contribution in [0.2, 0.25) is 5.15 Å². The van der Waals surface area contributed by atoms with E-state index in [0.29, 0.717) is 17.3 Å². The summed E-state index contributed by atoms with van der Waals surface area (Å²) in [6, 6.07) is 1.67. The Morgan fingerprint density at radius 3 is 3.00 bits per heavy atom. The molecular formula is C11H16ClN3O. The summed E-state index contributed by atoms with van der Waals surface area (Å²) in [4.78, 5) is 15.5. The molecule has 0 bridgehead atoms. The Balaban J connectivity index is 2.65. The lowest BCUT2D eigenvalue weighted by Crippen LogP contribution is -2.26. The molecule has 0 aliphatic heterocycles. The first-order valence-electron chi connectivity index (χ1n) is 5.20. The lowest BCUT2D eigenvalue weighted by molar-refractivity contribution is -0.116. The van der Waals surface area contributed by atoms with E-state index >= 15 is 0 Å². The Labute approximate surface area is 100 Å². The summed E-state index contributed by atoms with van der Waals surface area (Å²) in [7, 11) is 0. The third-order valence-corrected chi connectivity index (χ3v) is 2.52. The molecule has 5 heteroatoms. The number of nitrogens with two attached hydrogens (primary N) is 1. The maximum Gasteiger partial charge on any atom is 0.226 e. The van der Waals surface area contributed by atoms with Crippen LogP contribution in [0.15, 0.2) is 12.3 Å². The SMILES string of the molecule is CCC(N)CC(=O)Nc1cc(C)cnc1Cl. The van der Waals surface area contributed by atoms with E-state index in [1.165, 1.54) is 0 Å². The van der Waals surface area contributed by atoms with Crippen LogP contribution in [0, 0.1) is 6.92 Å². The van der Waals surface area contributed by atoms with Gasteiger partial charge >= 0.3 is 0 Å². The fourth-order valence-electron chi connectivity index (χ4n) is 1.22. The van der Waals surface area contributed by atoms with Crippen molar-refractivity contribution >= 4 is 23.2 Å². The van der Waals surface area contributed by atoms with Gasteiger partial charge in [-0.1, -0.05) is 18.5 Å². The van der Waals surface area contributed by atoms with Crippen molar-refractivity contribution in [2.75, 3.05) is 5.32 Å². The summed E-state index contributed by atoms with van der Waals surface area (Å²) < 4.78 is 0. The van der Waals surface area contributed by atoms with Gasteiger partial charge in [0.1, 0.15) is 0 Å². The lowest BCUT2D eigenvalue weighted by atomic mass is 10.1. The van der Waals surface area contributed by atoms with E-state index < -0.39 is 0 Å². The van der Waals surface area contributed by atoms with Crippen LogP contribution in [0.4, 0.5) is 5.69 Å². The van der Waals surface area contributed by atoms with Gasteiger partial charge in [-0.2, -0.15) is 0 Å². The monoisotopic (exact) mass is 241 g/mol. The highest BCUT2D eigenvalue weighted by Crippen LogP contribution is 2.19. The van der Waals surface area contributed by atoms with Gasteiger partial charge in [-0.15, -0.1) is 0 Å². The van der Waals surface area contributed by atoms with Crippen molar-refractivity contribution in [2.45, 2.75) is 32.7 Å². The Kier molecular flexibility index (Phi) is 4.71. The fraction of sp³-hybridized carbons (Fsp3) is 0.455. The summed E-state index contributed by atoms with van der Waals surface area (Å²) in [5, 5.41) is 3.00. The van der Waals surface area contributed by atoms with Crippen LogP contribution in [0.25, 0.3) is 0 Å². The quantitative estimate of drug-likeness (QED) is 0.794. The van der Waals surface area contributed by atoms with E-state index in [0.717, 1.165) is 12.0 Å². The molecule has 1 rings (SSSR count). The van der Waals surface area contributed by atoms with Crippen molar-refractivity contribution in [1.29, 1.82) is 0 Å². The molecule has 1 atom stereocenters. The van der Waals surface area contributed by atoms with Gasteiger partial charge < -0.3 is 11.1 Å². The summed E-state index contributed by atoms with van der Waals surface area (Å²) in [5.41, 5.74) is 7.17. The van der Waals surface area contributed by atoms with Gasteiger partial charge in [-0.25, -0.2) is 4.98 Å². The number of amides is 1. The molecule has 3 N–H and O–H groups in total. The Bertz CT molecular complexity index is 381. The molecule has 0 aliphatic rings. The number of carbonyl (C=O) groups excluding carboxylic acids is 1. The number of hydrogen-bond donors (Lipinski definition) is 2. The summed E-state index contributed by atoms with van der Waals surface area (Å²) in [5.74, 6) is -0.136. The van der Waals surface area contributed by atoms with Gasteiger partial charge in [0.05, 0.1) is 5.69 Å². The Morgan fingerprint density at radius 2 is 2.38 bits per heavy atom. The van der Waals surface area contributed by atoms with Crippen LogP contribution in [0.3, 0.4) is 0 Å². The molecular weight excluding hydrogens is 226 g/mol. The molecule has 88 valence electrons. The summed E-state index contributed by atoms with van der Waals surface area (Å²) in [6.45, 7) is 3.83. The van der Waals surface area contributed by atoms with Crippen molar-refractivity contribution < 1.29 is 4.79 Å². The van der Waals surface area contributed by atoms with Gasteiger partial charge in [0, 0.05) is 18.7 Å². The molecule has 16 heavy (non-hydrogen) atoms. The molecule has 1 unspecified atom stereocenters. The first kappa shape index (κ1) is 12.9. The molecule has 4 nitrogen and oxygen atoms in total. The number of pyridine rings is 1. The number of aryl methyl sites for hydroxylation is 1. The predicted molar refractivity (Wildman–Crippen MR) is 65.5 cm³/mol. The van der Waals surface area contributed by atoms with Crippen molar-refractivity contribution in [1.82, 2.24) is 4.98 Å². The van der Waals surface area contributed by atoms with Gasteiger partial charge in [0.2, 0.25) is 5.91 Å². The van der Waals surface area contributed by atoms with Gasteiger partial charge in [0.15, 0.2) is 5.15 Å². The molecule has 0 saturated heterocycles. The van der Waals surface area contributed by atoms with Crippen molar-refractivity contribution in [2.24, 2.45) is 5.73 Å². The molecule has 0 fully saturated rings. The maximum atomic E-state index is 11.6. The van der Waals surface area contributed by atoms with Crippen molar-refractivity contribution in [3.8, 4) is 0 Å². The number of carbonyl (C=O) groups is 1. The normalized spacial score (nSPS) is 12.2. The van der Waals surface area contributed by atoms with E-state index in [1.54, 1.807) is 12.3 Å². The number of halogens is 1. The highest BCUT2D eigenvalue weighted by atomic mass is 35.5. The van der Waals surface area contributed by atoms with Crippen molar-refractivity contribution in [3.05, 3.63) is 23.0 Å². The summed E-state index contributed by atoms with van der Waals surface area (Å²) in [6.07, 6.45) is 2.71. The minimum Gasteiger partial charge on any atom is -0.327 e. The first-order valence-corrected chi connectivity index (χ1v) is 5.58. The molecule has 0 radical (unpaired) electrons. The minimum absolute atomic E-state index is 0.114. The molecule has 0 spiro atoms. The van der Waals surface area contributed by atoms with E-state index in [9.17, 15) is 4.79 Å². The van der Waals surface area contributed by atoms with Crippen LogP contribution in [-0.2, 0) is 4.79 Å². The molecule has 0 aromatic carbocycles. The van der Waals surface area contributed by atoms with Gasteiger partial charge in [-0.3, -0.25) is 4.79 Å². The smallest absolute Gasteiger partial charge is 0.226 e. The Hall–Kier alpha value is -1.13. The maximum absolute atomic E-state index is 11.6. The number of anilines is 1. The third-order valence-electron chi connectivity index (χ3n) is 2.22. The zero-order valence-corrected chi connectivity index (χ0v) is 10.2. The molecule has 1 aromatic heterocycles. The molecule has 0 aliphatic carbocycles. The van der Waals surface area contributed by atoms with E-state index in [2.05, 4.69) is 10.3 Å². The van der Waals surface area contributed by atoms with Crippen LogP contribution in [-0.4, -0.2) is 16.9 Å². The molecule has 1 heterocycles. The van der Waals surface area contributed by atoms with Crippen LogP contribution in [0.5, 0.6) is 0 Å². The molecule has 0 saturated carbocycles. The second kappa shape index (κ2) is 5.82. The zero-order valence-electron chi connectivity index (χ0n) is 9.46. The predicted octanol–water partition coefficient (Wildman–Crippen LogP) is 2.11. The van der Waals surface area contributed by atoms with E-state index in [-0.39, 0.29) is 11.9 Å². The number of nitrogens with one attached hydrogen (secondary N) is 1.